The highest BCUT2D eigenvalue weighted by Crippen LogP contribution is 2.38. The Morgan fingerprint density at radius 2 is 2.07 bits per heavy atom. The maximum Gasteiger partial charge on any atom is 0.326 e. The van der Waals surface area contributed by atoms with Crippen molar-refractivity contribution in [1.29, 1.82) is 0 Å². The van der Waals surface area contributed by atoms with Crippen LogP contribution in [0, 0.1) is 5.92 Å². The quantitative estimate of drug-likeness (QED) is 0.619. The van der Waals surface area contributed by atoms with Gasteiger partial charge >= 0.3 is 12.0 Å². The molecule has 1 aromatic heterocycles. The zero-order chi connectivity index (χ0) is 20.4. The van der Waals surface area contributed by atoms with Crippen molar-refractivity contribution in [1.82, 2.24) is 20.0 Å². The summed E-state index contributed by atoms with van der Waals surface area (Å²) < 4.78 is 7.02. The highest BCUT2D eigenvalue weighted by atomic mass is 16.5. The number of nitrogens with zero attached hydrogens (tertiary/aromatic N) is 3. The fraction of sp³-hybridized carbons (Fsp3) is 0.429. The van der Waals surface area contributed by atoms with Crippen LogP contribution in [0.4, 0.5) is 4.79 Å². The summed E-state index contributed by atoms with van der Waals surface area (Å²) >= 11 is 0. The summed E-state index contributed by atoms with van der Waals surface area (Å²) in [5.41, 5.74) is 0.845. The number of carbonyl (C=O) groups is 3. The Hall–Kier alpha value is -3.16. The molecule has 0 bridgehead atoms. The summed E-state index contributed by atoms with van der Waals surface area (Å²) in [5, 5.41) is 7.00. The minimum atomic E-state index is -0.863. The van der Waals surface area contributed by atoms with Gasteiger partial charge in [0.2, 0.25) is 0 Å². The summed E-state index contributed by atoms with van der Waals surface area (Å²) in [6, 6.07) is 8.77. The third-order valence-corrected chi connectivity index (χ3v) is 5.89. The molecule has 2 fully saturated rings. The summed E-state index contributed by atoms with van der Waals surface area (Å²) in [6.45, 7) is 1.68. The first kappa shape index (κ1) is 19.2. The lowest BCUT2D eigenvalue weighted by Crippen LogP contribution is -2.54. The number of aromatic nitrogens is 2. The van der Waals surface area contributed by atoms with Gasteiger partial charge in [0.25, 0.3) is 5.91 Å². The molecule has 1 spiro atoms. The van der Waals surface area contributed by atoms with E-state index in [4.69, 9.17) is 4.74 Å². The van der Waals surface area contributed by atoms with Gasteiger partial charge in [-0.15, -0.1) is 0 Å². The minimum absolute atomic E-state index is 0.0574. The van der Waals surface area contributed by atoms with E-state index in [2.05, 4.69) is 10.4 Å². The molecule has 0 radical (unpaired) electrons. The van der Waals surface area contributed by atoms with Gasteiger partial charge in [0.1, 0.15) is 18.7 Å². The average molecular weight is 396 g/mol. The second kappa shape index (κ2) is 7.69. The zero-order valence-corrected chi connectivity index (χ0v) is 16.3. The van der Waals surface area contributed by atoms with E-state index in [0.717, 1.165) is 35.4 Å². The molecule has 0 unspecified atom stereocenters. The molecule has 3 amide bonds. The van der Waals surface area contributed by atoms with Gasteiger partial charge < -0.3 is 10.1 Å². The van der Waals surface area contributed by atoms with E-state index in [1.165, 1.54) is 0 Å². The third kappa shape index (κ3) is 3.62. The molecule has 2 aliphatic rings. The normalized spacial score (nSPS) is 24.0. The standard InChI is InChI=1S/C21H24N4O4/c1-15-5-2-3-10-21(15)19(27)24(20(28)23-21)13-18(26)29-14-16-6-8-17(9-7-16)25-12-4-11-22-25/h4,6-9,11-12,15H,2-3,5,10,13-14H2,1H3,(H,23,28)/t15-,21-/m1/s1. The highest BCUT2D eigenvalue weighted by Gasteiger charge is 2.55. The maximum atomic E-state index is 12.9. The van der Waals surface area contributed by atoms with Crippen LogP contribution in [0.25, 0.3) is 5.69 Å². The van der Waals surface area contributed by atoms with Gasteiger partial charge in [-0.2, -0.15) is 5.10 Å². The van der Waals surface area contributed by atoms with Crippen molar-refractivity contribution in [3.05, 3.63) is 48.3 Å². The molecular weight excluding hydrogens is 372 g/mol. The number of rotatable bonds is 5. The molecule has 4 rings (SSSR count). The number of carbonyl (C=O) groups excluding carboxylic acids is 3. The molecule has 1 saturated heterocycles. The molecule has 8 heteroatoms. The van der Waals surface area contributed by atoms with E-state index in [1.54, 1.807) is 10.9 Å². The van der Waals surface area contributed by atoms with Gasteiger partial charge in [0.05, 0.1) is 5.69 Å². The molecule has 2 heterocycles. The molecule has 1 aromatic carbocycles. The maximum absolute atomic E-state index is 12.9. The molecule has 8 nitrogen and oxygen atoms in total. The Labute approximate surface area is 168 Å². The van der Waals surface area contributed by atoms with Crippen molar-refractivity contribution in [2.75, 3.05) is 6.54 Å². The fourth-order valence-corrected chi connectivity index (χ4v) is 4.14. The molecule has 1 aliphatic carbocycles. The summed E-state index contributed by atoms with van der Waals surface area (Å²) in [5.74, 6) is -0.859. The third-order valence-electron chi connectivity index (χ3n) is 5.89. The Morgan fingerprint density at radius 3 is 2.76 bits per heavy atom. The van der Waals surface area contributed by atoms with Crippen molar-refractivity contribution in [3.8, 4) is 5.69 Å². The number of urea groups is 1. The molecule has 2 atom stereocenters. The number of nitrogens with one attached hydrogen (secondary N) is 1. The van der Waals surface area contributed by atoms with E-state index in [-0.39, 0.29) is 25.0 Å². The van der Waals surface area contributed by atoms with Crippen LogP contribution in [0.15, 0.2) is 42.7 Å². The molecule has 1 aliphatic heterocycles. The number of hydrogen-bond donors (Lipinski definition) is 1. The topological polar surface area (TPSA) is 93.5 Å². The van der Waals surface area contributed by atoms with Crippen LogP contribution in [-0.4, -0.2) is 44.7 Å². The molecule has 152 valence electrons. The van der Waals surface area contributed by atoms with Gasteiger partial charge in [-0.1, -0.05) is 31.9 Å². The van der Waals surface area contributed by atoms with E-state index in [0.29, 0.717) is 6.42 Å². The van der Waals surface area contributed by atoms with Crippen LogP contribution < -0.4 is 5.32 Å². The highest BCUT2D eigenvalue weighted by molar-refractivity contribution is 6.08. The van der Waals surface area contributed by atoms with Crippen LogP contribution in [0.1, 0.15) is 38.2 Å². The monoisotopic (exact) mass is 396 g/mol. The lowest BCUT2D eigenvalue weighted by Gasteiger charge is -2.36. The smallest absolute Gasteiger partial charge is 0.326 e. The van der Waals surface area contributed by atoms with Gasteiger partial charge in [-0.05, 0) is 42.5 Å². The first-order valence-electron chi connectivity index (χ1n) is 9.88. The predicted octanol–water partition coefficient (Wildman–Crippen LogP) is 2.42. The molecular formula is C21H24N4O4. The number of benzene rings is 1. The number of ether oxygens (including phenoxy) is 1. The average Bonchev–Trinajstić information content (AvgIpc) is 3.33. The summed E-state index contributed by atoms with van der Waals surface area (Å²) in [6.07, 6.45) is 6.99. The first-order chi connectivity index (χ1) is 14.0. The number of imide groups is 1. The number of amides is 3. The number of hydrogen-bond acceptors (Lipinski definition) is 5. The fourth-order valence-electron chi connectivity index (χ4n) is 4.14. The van der Waals surface area contributed by atoms with Crippen LogP contribution >= 0.6 is 0 Å². The van der Waals surface area contributed by atoms with E-state index >= 15 is 0 Å². The summed E-state index contributed by atoms with van der Waals surface area (Å²) in [4.78, 5) is 38.5. The largest absolute Gasteiger partial charge is 0.459 e. The molecule has 1 N–H and O–H groups in total. The number of esters is 1. The summed E-state index contributed by atoms with van der Waals surface area (Å²) in [7, 11) is 0. The second-order valence-electron chi connectivity index (χ2n) is 7.72. The Bertz CT molecular complexity index is 909. The van der Waals surface area contributed by atoms with Crippen molar-refractivity contribution < 1.29 is 19.1 Å². The predicted molar refractivity (Wildman–Crippen MR) is 104 cm³/mol. The SMILES string of the molecule is C[C@@H]1CCCC[C@@]12NC(=O)N(CC(=O)OCc1ccc(-n3cccn3)cc1)C2=O. The van der Waals surface area contributed by atoms with Gasteiger partial charge in [0, 0.05) is 12.4 Å². The van der Waals surface area contributed by atoms with Crippen molar-refractivity contribution in [2.45, 2.75) is 44.8 Å². The van der Waals surface area contributed by atoms with Crippen molar-refractivity contribution >= 4 is 17.9 Å². The van der Waals surface area contributed by atoms with E-state index < -0.39 is 17.5 Å². The Balaban J connectivity index is 1.34. The Kier molecular flexibility index (Phi) is 5.08. The van der Waals surface area contributed by atoms with Crippen LogP contribution in [0.3, 0.4) is 0 Å². The molecule has 2 aromatic rings. The lowest BCUT2D eigenvalue weighted by molar-refractivity contribution is -0.149. The Morgan fingerprint density at radius 1 is 1.28 bits per heavy atom. The zero-order valence-electron chi connectivity index (χ0n) is 16.3. The minimum Gasteiger partial charge on any atom is -0.459 e. The van der Waals surface area contributed by atoms with E-state index in [9.17, 15) is 14.4 Å². The molecule has 1 saturated carbocycles. The van der Waals surface area contributed by atoms with Crippen LogP contribution in [-0.2, 0) is 20.9 Å². The van der Waals surface area contributed by atoms with Gasteiger partial charge in [-0.3, -0.25) is 14.5 Å². The first-order valence-corrected chi connectivity index (χ1v) is 9.88. The van der Waals surface area contributed by atoms with Crippen molar-refractivity contribution in [3.63, 3.8) is 0 Å². The van der Waals surface area contributed by atoms with Gasteiger partial charge in [-0.25, -0.2) is 9.48 Å². The molecule has 29 heavy (non-hydrogen) atoms. The van der Waals surface area contributed by atoms with Crippen LogP contribution in [0.5, 0.6) is 0 Å². The van der Waals surface area contributed by atoms with Crippen molar-refractivity contribution in [2.24, 2.45) is 5.92 Å². The van der Waals surface area contributed by atoms with E-state index in [1.807, 2.05) is 43.5 Å². The lowest BCUT2D eigenvalue weighted by atomic mass is 9.73. The second-order valence-corrected chi connectivity index (χ2v) is 7.72. The van der Waals surface area contributed by atoms with Crippen LogP contribution in [0.2, 0.25) is 0 Å². The van der Waals surface area contributed by atoms with Gasteiger partial charge in [0.15, 0.2) is 0 Å².